The van der Waals surface area contributed by atoms with Gasteiger partial charge in [-0.25, -0.2) is 0 Å². The Morgan fingerprint density at radius 3 is 2.14 bits per heavy atom. The Morgan fingerprint density at radius 1 is 0.905 bits per heavy atom. The van der Waals surface area contributed by atoms with E-state index in [0.717, 1.165) is 0 Å². The van der Waals surface area contributed by atoms with Crippen molar-refractivity contribution in [3.05, 3.63) is 35.9 Å². The monoisotopic (exact) mass is 306 g/mol. The molecule has 0 aromatic heterocycles. The molecule has 0 N–H and O–H groups in total. The predicted molar refractivity (Wildman–Crippen MR) is 76.7 cm³/mol. The third kappa shape index (κ3) is 3.58. The zero-order chi connectivity index (χ0) is 15.6. The molecule has 0 aliphatic heterocycles. The van der Waals surface area contributed by atoms with Crippen molar-refractivity contribution < 1.29 is 23.9 Å². The Morgan fingerprint density at radius 2 is 1.57 bits per heavy atom. The van der Waals surface area contributed by atoms with Gasteiger partial charge in [0, 0.05) is 13.8 Å². The summed E-state index contributed by atoms with van der Waals surface area (Å²) in [6, 6.07) is 7.89. The summed E-state index contributed by atoms with van der Waals surface area (Å²) >= 11 is 5.50. The summed E-state index contributed by atoms with van der Waals surface area (Å²) in [4.78, 5) is 33.5. The first-order valence-corrected chi connectivity index (χ1v) is 6.39. The van der Waals surface area contributed by atoms with Crippen LogP contribution >= 0.6 is 11.6 Å². The Labute approximate surface area is 125 Å². The third-order valence-corrected chi connectivity index (χ3v) is 2.84. The Hall–Kier alpha value is -2.40. The fourth-order valence-electron chi connectivity index (χ4n) is 1.88. The molecule has 0 amide bonds. The van der Waals surface area contributed by atoms with Gasteiger partial charge >= 0.3 is 11.9 Å². The summed E-state index contributed by atoms with van der Waals surface area (Å²) in [5.74, 6) is -0.553. The molecule has 2 aromatic carbocycles. The van der Waals surface area contributed by atoms with Crippen LogP contribution in [0, 0.1) is 0 Å². The molecule has 0 unspecified atom stereocenters. The van der Waals surface area contributed by atoms with Crippen LogP contribution in [0.4, 0.5) is 0 Å². The summed E-state index contributed by atoms with van der Waals surface area (Å²) in [5, 5.41) is 0.600. The van der Waals surface area contributed by atoms with Gasteiger partial charge in [0.05, 0.1) is 5.56 Å². The minimum absolute atomic E-state index is 0.0688. The molecule has 0 radical (unpaired) electrons. The lowest BCUT2D eigenvalue weighted by Gasteiger charge is -2.09. The molecule has 0 heterocycles. The van der Waals surface area contributed by atoms with Gasteiger partial charge in [-0.05, 0) is 46.6 Å². The van der Waals surface area contributed by atoms with Crippen LogP contribution in [0.25, 0.3) is 10.8 Å². The number of fused-ring (bicyclic) bond motifs is 1. The Bertz CT molecular complexity index is 751. The highest BCUT2D eigenvalue weighted by atomic mass is 35.5. The molecule has 21 heavy (non-hydrogen) atoms. The van der Waals surface area contributed by atoms with Crippen molar-refractivity contribution in [3.63, 3.8) is 0 Å². The number of esters is 2. The first-order valence-electron chi connectivity index (χ1n) is 6.01. The average Bonchev–Trinajstić information content (AvgIpc) is 2.36. The van der Waals surface area contributed by atoms with E-state index in [0.29, 0.717) is 16.5 Å². The summed E-state index contributed by atoms with van der Waals surface area (Å²) < 4.78 is 9.96. The number of carbonyl (C=O) groups is 3. The van der Waals surface area contributed by atoms with Crippen LogP contribution in [0.3, 0.4) is 0 Å². The molecule has 6 heteroatoms. The lowest BCUT2D eigenvalue weighted by Crippen LogP contribution is -2.05. The van der Waals surface area contributed by atoms with E-state index >= 15 is 0 Å². The second-order valence-electron chi connectivity index (χ2n) is 4.32. The normalized spacial score (nSPS) is 10.2. The quantitative estimate of drug-likeness (QED) is 0.495. The molecule has 2 aromatic rings. The maximum atomic E-state index is 11.4. The van der Waals surface area contributed by atoms with E-state index in [4.69, 9.17) is 21.1 Å². The van der Waals surface area contributed by atoms with Crippen molar-refractivity contribution in [3.8, 4) is 11.5 Å². The molecule has 0 saturated carbocycles. The molecule has 0 aliphatic carbocycles. The highest BCUT2D eigenvalue weighted by Crippen LogP contribution is 2.30. The summed E-state index contributed by atoms with van der Waals surface area (Å²) in [6.07, 6.45) is 0. The van der Waals surface area contributed by atoms with E-state index in [2.05, 4.69) is 0 Å². The SMILES string of the molecule is CC(=O)Oc1ccc2cc(OC(C)=O)c(C(=O)Cl)cc2c1. The van der Waals surface area contributed by atoms with Crippen LogP contribution in [0.5, 0.6) is 11.5 Å². The molecule has 2 rings (SSSR count). The minimum Gasteiger partial charge on any atom is -0.427 e. The second-order valence-corrected chi connectivity index (χ2v) is 4.66. The topological polar surface area (TPSA) is 69.7 Å². The first kappa shape index (κ1) is 15.0. The highest BCUT2D eigenvalue weighted by Gasteiger charge is 2.14. The van der Waals surface area contributed by atoms with Crippen LogP contribution in [-0.4, -0.2) is 17.2 Å². The average molecular weight is 307 g/mol. The van der Waals surface area contributed by atoms with Crippen molar-refractivity contribution in [2.45, 2.75) is 13.8 Å². The fraction of sp³-hybridized carbons (Fsp3) is 0.133. The molecular weight excluding hydrogens is 296 g/mol. The van der Waals surface area contributed by atoms with Crippen molar-refractivity contribution in [1.82, 2.24) is 0 Å². The molecule has 108 valence electrons. The number of benzene rings is 2. The van der Waals surface area contributed by atoms with Gasteiger partial charge in [-0.15, -0.1) is 0 Å². The maximum Gasteiger partial charge on any atom is 0.308 e. The van der Waals surface area contributed by atoms with Gasteiger partial charge in [0.2, 0.25) is 0 Å². The lowest BCUT2D eigenvalue weighted by molar-refractivity contribution is -0.132. The fourth-order valence-corrected chi connectivity index (χ4v) is 2.02. The number of rotatable bonds is 3. The minimum atomic E-state index is -0.744. The number of ether oxygens (including phenoxy) is 2. The Kier molecular flexibility index (Phi) is 4.23. The predicted octanol–water partition coefficient (Wildman–Crippen LogP) is 3.07. The number of hydrogen-bond donors (Lipinski definition) is 0. The largest absolute Gasteiger partial charge is 0.427 e. The molecule has 0 spiro atoms. The molecule has 0 fully saturated rings. The maximum absolute atomic E-state index is 11.4. The first-order chi connectivity index (χ1) is 9.86. The number of halogens is 1. The van der Waals surface area contributed by atoms with Crippen molar-refractivity contribution >= 4 is 39.6 Å². The van der Waals surface area contributed by atoms with E-state index in [1.807, 2.05) is 0 Å². The van der Waals surface area contributed by atoms with E-state index in [9.17, 15) is 14.4 Å². The Balaban J connectivity index is 2.57. The lowest BCUT2D eigenvalue weighted by atomic mass is 10.1. The molecule has 5 nitrogen and oxygen atoms in total. The van der Waals surface area contributed by atoms with Gasteiger partial charge < -0.3 is 9.47 Å². The summed E-state index contributed by atoms with van der Waals surface area (Å²) in [7, 11) is 0. The van der Waals surface area contributed by atoms with Crippen molar-refractivity contribution in [2.24, 2.45) is 0 Å². The zero-order valence-electron chi connectivity index (χ0n) is 11.3. The van der Waals surface area contributed by atoms with Gasteiger partial charge in [-0.3, -0.25) is 14.4 Å². The molecule has 0 bridgehead atoms. The summed E-state index contributed by atoms with van der Waals surface area (Å²) in [5.41, 5.74) is 0.0688. The standard InChI is InChI=1S/C15H11ClO5/c1-8(17)20-12-4-3-10-7-14(21-9(2)18)13(15(16)19)6-11(10)5-12/h3-7H,1-2H3. The second kappa shape index (κ2) is 5.93. The molecule has 0 aliphatic rings. The van der Waals surface area contributed by atoms with E-state index in [1.54, 1.807) is 18.2 Å². The van der Waals surface area contributed by atoms with Gasteiger partial charge in [0.15, 0.2) is 0 Å². The molecule has 0 saturated heterocycles. The van der Waals surface area contributed by atoms with Gasteiger partial charge in [-0.1, -0.05) is 6.07 Å². The van der Waals surface area contributed by atoms with Gasteiger partial charge in [-0.2, -0.15) is 0 Å². The molecular formula is C15H11ClO5. The van der Waals surface area contributed by atoms with E-state index in [-0.39, 0.29) is 11.3 Å². The summed E-state index contributed by atoms with van der Waals surface area (Å²) in [6.45, 7) is 2.53. The smallest absolute Gasteiger partial charge is 0.308 e. The number of carbonyl (C=O) groups excluding carboxylic acids is 3. The van der Waals surface area contributed by atoms with Gasteiger partial charge in [0.25, 0.3) is 5.24 Å². The van der Waals surface area contributed by atoms with Crippen LogP contribution in [0.15, 0.2) is 30.3 Å². The van der Waals surface area contributed by atoms with Crippen LogP contribution < -0.4 is 9.47 Å². The zero-order valence-corrected chi connectivity index (χ0v) is 12.1. The van der Waals surface area contributed by atoms with E-state index in [1.165, 1.54) is 26.0 Å². The van der Waals surface area contributed by atoms with Crippen LogP contribution in [0.1, 0.15) is 24.2 Å². The molecule has 0 atom stereocenters. The van der Waals surface area contributed by atoms with Crippen LogP contribution in [0.2, 0.25) is 0 Å². The van der Waals surface area contributed by atoms with E-state index < -0.39 is 17.2 Å². The third-order valence-electron chi connectivity index (χ3n) is 2.64. The van der Waals surface area contributed by atoms with Crippen LogP contribution in [-0.2, 0) is 9.59 Å². The van der Waals surface area contributed by atoms with Crippen molar-refractivity contribution in [1.29, 1.82) is 0 Å². The van der Waals surface area contributed by atoms with Gasteiger partial charge in [0.1, 0.15) is 11.5 Å². The number of hydrogen-bond acceptors (Lipinski definition) is 5. The van der Waals surface area contributed by atoms with Crippen molar-refractivity contribution in [2.75, 3.05) is 0 Å². The highest BCUT2D eigenvalue weighted by molar-refractivity contribution is 6.68.